The van der Waals surface area contributed by atoms with Crippen LogP contribution in [0.2, 0.25) is 19.6 Å². The molecule has 4 rings (SSSR count). The lowest BCUT2D eigenvalue weighted by molar-refractivity contribution is 0.103. The van der Waals surface area contributed by atoms with Crippen LogP contribution < -0.4 is 14.2 Å². The molecule has 0 spiro atoms. The average Bonchev–Trinajstić information content (AvgIpc) is 3.31. The summed E-state index contributed by atoms with van der Waals surface area (Å²) in [5, 5.41) is 14.0. The zero-order valence-electron chi connectivity index (χ0n) is 22.1. The normalized spacial score (nSPS) is 11.8. The molecule has 0 aliphatic heterocycles. The van der Waals surface area contributed by atoms with Gasteiger partial charge in [-0.05, 0) is 24.3 Å². The molecule has 4 aromatic rings. The van der Waals surface area contributed by atoms with Crippen molar-refractivity contribution in [3.05, 3.63) is 65.6 Å². The lowest BCUT2D eigenvalue weighted by atomic mass is 10.2. The number of fused-ring (bicyclic) bond motifs is 1. The number of halogens is 2. The maximum absolute atomic E-state index is 15.3. The van der Waals surface area contributed by atoms with Gasteiger partial charge in [0.1, 0.15) is 31.0 Å². The highest BCUT2D eigenvalue weighted by molar-refractivity contribution is 7.92. The fourth-order valence-corrected chi connectivity index (χ4v) is 5.48. The highest BCUT2D eigenvalue weighted by Crippen LogP contribution is 2.29. The molecule has 3 aromatic heterocycles. The quantitative estimate of drug-likeness (QED) is 0.255. The molecule has 3 heterocycles. The summed E-state index contributed by atoms with van der Waals surface area (Å²) in [4.78, 5) is 7.63. The molecule has 40 heavy (non-hydrogen) atoms. The van der Waals surface area contributed by atoms with Crippen molar-refractivity contribution in [1.29, 1.82) is 5.26 Å². The number of benzene rings is 1. The number of hydrogen-bond acceptors (Lipinski definition) is 9. The Labute approximate surface area is 230 Å². The summed E-state index contributed by atoms with van der Waals surface area (Å²) in [6.07, 6.45) is 4.76. The molecule has 0 aliphatic rings. The standard InChI is InChI=1S/C25H26F2N6O5SSi/c1-36-25-22(7-16(9-28)10-30-25)39(34,35)32-21-6-5-20(26)19(23(21)27)13-38-18-8-17-11-31-33(24(17)29-12-18)14-37-15-40(2,3)4/h5-8,10-12,32H,13-15H2,1-4H3. The van der Waals surface area contributed by atoms with E-state index in [0.717, 1.165) is 24.4 Å². The zero-order chi connectivity index (χ0) is 29.1. The van der Waals surface area contributed by atoms with E-state index < -0.39 is 52.5 Å². The molecule has 0 bridgehead atoms. The van der Waals surface area contributed by atoms with Gasteiger partial charge in [-0.3, -0.25) is 4.72 Å². The molecule has 0 saturated heterocycles. The van der Waals surface area contributed by atoms with Crippen molar-refractivity contribution in [2.75, 3.05) is 18.1 Å². The van der Waals surface area contributed by atoms with Gasteiger partial charge in [0.25, 0.3) is 10.0 Å². The van der Waals surface area contributed by atoms with E-state index in [-0.39, 0.29) is 23.9 Å². The smallest absolute Gasteiger partial charge is 0.267 e. The van der Waals surface area contributed by atoms with Gasteiger partial charge in [0.05, 0.1) is 44.4 Å². The van der Waals surface area contributed by atoms with Crippen LogP contribution in [0.3, 0.4) is 0 Å². The summed E-state index contributed by atoms with van der Waals surface area (Å²) in [5.74, 6) is -2.18. The Bertz CT molecular complexity index is 1700. The van der Waals surface area contributed by atoms with E-state index >= 15 is 4.39 Å². The monoisotopic (exact) mass is 588 g/mol. The molecule has 0 amide bonds. The predicted molar refractivity (Wildman–Crippen MR) is 144 cm³/mol. The molecule has 0 unspecified atom stereocenters. The molecule has 15 heteroatoms. The number of sulfonamides is 1. The van der Waals surface area contributed by atoms with E-state index in [1.165, 1.54) is 13.3 Å². The van der Waals surface area contributed by atoms with Gasteiger partial charge in [-0.25, -0.2) is 31.8 Å². The highest BCUT2D eigenvalue weighted by atomic mass is 32.2. The SMILES string of the molecule is COc1ncc(C#N)cc1S(=O)(=O)Nc1ccc(F)c(COc2cnc3c(cnn3COC[Si](C)(C)C)c2)c1F. The van der Waals surface area contributed by atoms with Crippen LogP contribution in [-0.4, -0.2) is 49.6 Å². The van der Waals surface area contributed by atoms with Gasteiger partial charge in [0.2, 0.25) is 5.88 Å². The van der Waals surface area contributed by atoms with Gasteiger partial charge >= 0.3 is 0 Å². The van der Waals surface area contributed by atoms with E-state index in [2.05, 4.69) is 39.4 Å². The van der Waals surface area contributed by atoms with Gasteiger partial charge in [-0.15, -0.1) is 0 Å². The number of methoxy groups -OCH3 is 1. The Morgan fingerprint density at radius 2 is 1.90 bits per heavy atom. The van der Waals surface area contributed by atoms with Crippen molar-refractivity contribution in [2.45, 2.75) is 37.9 Å². The van der Waals surface area contributed by atoms with Crippen LogP contribution in [0.5, 0.6) is 11.6 Å². The van der Waals surface area contributed by atoms with Crippen LogP contribution in [0.25, 0.3) is 11.0 Å². The van der Waals surface area contributed by atoms with Crippen molar-refractivity contribution in [2.24, 2.45) is 0 Å². The number of hydrogen-bond donors (Lipinski definition) is 1. The lowest BCUT2D eigenvalue weighted by Gasteiger charge is -2.15. The van der Waals surface area contributed by atoms with Crippen LogP contribution in [0.15, 0.2) is 47.8 Å². The average molecular weight is 589 g/mol. The minimum absolute atomic E-state index is 0.0509. The molecule has 0 radical (unpaired) electrons. The summed E-state index contributed by atoms with van der Waals surface area (Å²) in [5.41, 5.74) is -0.531. The maximum Gasteiger partial charge on any atom is 0.267 e. The number of pyridine rings is 2. The Kier molecular flexibility index (Phi) is 8.33. The zero-order valence-corrected chi connectivity index (χ0v) is 23.9. The van der Waals surface area contributed by atoms with Gasteiger partial charge in [0, 0.05) is 17.8 Å². The molecule has 11 nitrogen and oxygen atoms in total. The summed E-state index contributed by atoms with van der Waals surface area (Å²) >= 11 is 0. The third kappa shape index (κ3) is 6.53. The Hall–Kier alpha value is -4.13. The number of nitriles is 1. The summed E-state index contributed by atoms with van der Waals surface area (Å²) < 4.78 is 75.7. The molecule has 0 saturated carbocycles. The fourth-order valence-electron chi connectivity index (χ4n) is 3.57. The van der Waals surface area contributed by atoms with E-state index in [4.69, 9.17) is 19.5 Å². The van der Waals surface area contributed by atoms with Crippen molar-refractivity contribution in [1.82, 2.24) is 19.7 Å². The number of aromatic nitrogens is 4. The second-order valence-corrected chi connectivity index (χ2v) is 17.0. The van der Waals surface area contributed by atoms with E-state index in [9.17, 15) is 12.8 Å². The first-order valence-corrected chi connectivity index (χ1v) is 17.1. The summed E-state index contributed by atoms with van der Waals surface area (Å²) in [6, 6.07) is 6.27. The third-order valence-corrected chi connectivity index (χ3v) is 7.87. The van der Waals surface area contributed by atoms with E-state index in [1.54, 1.807) is 23.0 Å². The van der Waals surface area contributed by atoms with Gasteiger partial charge < -0.3 is 14.2 Å². The van der Waals surface area contributed by atoms with Crippen LogP contribution in [0, 0.1) is 23.0 Å². The molecule has 1 N–H and O–H groups in total. The van der Waals surface area contributed by atoms with Crippen molar-refractivity contribution in [3.63, 3.8) is 0 Å². The van der Waals surface area contributed by atoms with Crippen molar-refractivity contribution in [3.8, 4) is 17.7 Å². The second kappa shape index (κ2) is 11.5. The minimum Gasteiger partial charge on any atom is -0.487 e. The first-order valence-electron chi connectivity index (χ1n) is 11.9. The van der Waals surface area contributed by atoms with Gasteiger partial charge in [-0.1, -0.05) is 19.6 Å². The number of ether oxygens (including phenoxy) is 3. The minimum atomic E-state index is -4.46. The van der Waals surface area contributed by atoms with E-state index in [0.29, 0.717) is 17.3 Å². The molecule has 210 valence electrons. The molecule has 0 atom stereocenters. The Morgan fingerprint density at radius 3 is 2.60 bits per heavy atom. The first kappa shape index (κ1) is 28.9. The van der Waals surface area contributed by atoms with E-state index in [1.807, 2.05) is 0 Å². The molecule has 0 aliphatic carbocycles. The third-order valence-electron chi connectivity index (χ3n) is 5.44. The number of nitrogens with zero attached hydrogens (tertiary/aromatic N) is 5. The largest absolute Gasteiger partial charge is 0.487 e. The first-order chi connectivity index (χ1) is 18.9. The molecular weight excluding hydrogens is 562 g/mol. The van der Waals surface area contributed by atoms with Crippen LogP contribution >= 0.6 is 0 Å². The fraction of sp³-hybridized carbons (Fsp3) is 0.280. The summed E-state index contributed by atoms with van der Waals surface area (Å²) in [6.45, 7) is 6.26. The number of rotatable bonds is 11. The Morgan fingerprint density at radius 1 is 1.12 bits per heavy atom. The van der Waals surface area contributed by atoms with Crippen molar-refractivity contribution >= 4 is 34.8 Å². The Balaban J connectivity index is 1.51. The number of anilines is 1. The highest BCUT2D eigenvalue weighted by Gasteiger charge is 2.25. The topological polar surface area (TPSA) is 141 Å². The number of nitrogens with one attached hydrogen (secondary N) is 1. The lowest BCUT2D eigenvalue weighted by Crippen LogP contribution is -2.28. The molecular formula is C25H26F2N6O5SSi. The van der Waals surface area contributed by atoms with Crippen LogP contribution in [-0.2, 0) is 28.1 Å². The van der Waals surface area contributed by atoms with Crippen molar-refractivity contribution < 1.29 is 31.4 Å². The maximum atomic E-state index is 15.3. The second-order valence-electron chi connectivity index (χ2n) is 9.89. The summed E-state index contributed by atoms with van der Waals surface area (Å²) in [7, 11) is -4.65. The van der Waals surface area contributed by atoms with Crippen LogP contribution in [0.1, 0.15) is 11.1 Å². The molecule has 1 aromatic carbocycles. The predicted octanol–water partition coefficient (Wildman–Crippen LogP) is 4.22. The molecule has 0 fully saturated rings. The van der Waals surface area contributed by atoms with Gasteiger partial charge in [-0.2, -0.15) is 10.4 Å². The van der Waals surface area contributed by atoms with Crippen LogP contribution in [0.4, 0.5) is 14.5 Å². The van der Waals surface area contributed by atoms with Gasteiger partial charge in [0.15, 0.2) is 16.4 Å².